The predicted octanol–water partition coefficient (Wildman–Crippen LogP) is 5.98. The minimum absolute atomic E-state index is 0.587. The summed E-state index contributed by atoms with van der Waals surface area (Å²) in [5, 5.41) is 0. The van der Waals surface area contributed by atoms with Gasteiger partial charge in [0.2, 0.25) is 0 Å². The summed E-state index contributed by atoms with van der Waals surface area (Å²) in [6.07, 6.45) is 4.11. The lowest BCUT2D eigenvalue weighted by atomic mass is 9.77. The first-order valence-electron chi connectivity index (χ1n) is 10.4. The Labute approximate surface area is 186 Å². The Morgan fingerprint density at radius 1 is 0.633 bits per heavy atom. The Balaban J connectivity index is 2.16. The van der Waals surface area contributed by atoms with Crippen LogP contribution in [0.3, 0.4) is 0 Å². The molecule has 0 saturated carbocycles. The van der Waals surface area contributed by atoms with Gasteiger partial charge in [-0.2, -0.15) is 12.6 Å². The van der Waals surface area contributed by atoms with Crippen LogP contribution in [-0.4, -0.2) is 26.8 Å². The van der Waals surface area contributed by atoms with Crippen molar-refractivity contribution < 1.29 is 9.79 Å². The molecule has 0 aliphatic heterocycles. The summed E-state index contributed by atoms with van der Waals surface area (Å²) < 4.78 is 1.88. The van der Waals surface area contributed by atoms with E-state index in [9.17, 15) is 9.79 Å². The van der Waals surface area contributed by atoms with E-state index in [4.69, 9.17) is 0 Å². The maximum atomic E-state index is 10.7. The number of thiol groups is 1. The summed E-state index contributed by atoms with van der Waals surface area (Å²) >= 11 is 4.30. The number of benzene rings is 3. The number of rotatable bonds is 11. The molecule has 0 heterocycles. The van der Waals surface area contributed by atoms with Gasteiger partial charge in [-0.15, -0.1) is 0 Å². The van der Waals surface area contributed by atoms with Crippen molar-refractivity contribution >= 4 is 21.2 Å². The fourth-order valence-electron chi connectivity index (χ4n) is 4.10. The molecule has 0 aliphatic rings. The van der Waals surface area contributed by atoms with Crippen molar-refractivity contribution in [2.75, 3.05) is 12.3 Å². The fraction of sp³-hybridized carbons (Fsp3) is 0.280. The maximum Gasteiger partial charge on any atom is 0.254 e. The van der Waals surface area contributed by atoms with Gasteiger partial charge in [0.15, 0.2) is 0 Å². The summed E-state index contributed by atoms with van der Waals surface area (Å²) in [6.45, 7) is 0.587. The molecule has 2 N–H and O–H groups in total. The van der Waals surface area contributed by atoms with E-state index in [0.29, 0.717) is 6.54 Å². The second-order valence-electron chi connectivity index (χ2n) is 7.34. The van der Waals surface area contributed by atoms with E-state index in [0.717, 1.165) is 48.1 Å². The molecule has 0 fully saturated rings. The zero-order valence-corrected chi connectivity index (χ0v) is 18.9. The van der Waals surface area contributed by atoms with E-state index in [-0.39, 0.29) is 0 Å². The minimum atomic E-state index is -2.33. The van der Waals surface area contributed by atoms with Gasteiger partial charge in [0.1, 0.15) is 5.54 Å². The van der Waals surface area contributed by atoms with Crippen LogP contribution in [0, 0.1) is 0 Å². The van der Waals surface area contributed by atoms with Crippen LogP contribution >= 0.6 is 21.2 Å². The maximum absolute atomic E-state index is 10.7. The van der Waals surface area contributed by atoms with Gasteiger partial charge in [0, 0.05) is 6.54 Å². The van der Waals surface area contributed by atoms with Gasteiger partial charge in [-0.1, -0.05) is 104 Å². The third-order valence-electron chi connectivity index (χ3n) is 5.46. The molecule has 158 valence electrons. The number of nitrogens with zero attached hydrogens (tertiary/aromatic N) is 1. The molecule has 0 unspecified atom stereocenters. The van der Waals surface area contributed by atoms with E-state index in [1.807, 2.05) is 59.3 Å². The fourth-order valence-corrected chi connectivity index (χ4v) is 5.26. The molecule has 3 aromatic rings. The average Bonchev–Trinajstić information content (AvgIpc) is 2.80. The molecule has 0 aromatic heterocycles. The molecule has 0 saturated heterocycles. The Morgan fingerprint density at radius 2 is 1.03 bits per heavy atom. The van der Waals surface area contributed by atoms with E-state index < -0.39 is 14.1 Å². The third kappa shape index (κ3) is 5.14. The molecular formula is C25H30NO2PS. The SMILES string of the molecule is OP(O)N(CCCCCCS)C(c1ccccc1)(c1ccccc1)c1ccccc1. The van der Waals surface area contributed by atoms with Gasteiger partial charge in [-0.3, -0.25) is 0 Å². The highest BCUT2D eigenvalue weighted by Gasteiger charge is 2.45. The molecule has 0 aliphatic carbocycles. The van der Waals surface area contributed by atoms with Gasteiger partial charge >= 0.3 is 0 Å². The van der Waals surface area contributed by atoms with Crippen molar-refractivity contribution in [2.45, 2.75) is 31.2 Å². The van der Waals surface area contributed by atoms with E-state index in [1.54, 1.807) is 0 Å². The van der Waals surface area contributed by atoms with Crippen molar-refractivity contribution in [1.82, 2.24) is 4.67 Å². The molecule has 0 amide bonds. The Morgan fingerprint density at radius 3 is 1.40 bits per heavy atom. The standard InChI is InChI=1S/C25H30NO2PS/c27-29(28)26(20-12-1-2-13-21-30)25(22-14-6-3-7-15-22,23-16-8-4-9-17-23)24-18-10-5-11-19-24/h3-11,14-19,27-28,30H,1-2,12-13,20-21H2. The van der Waals surface area contributed by atoms with Crippen LogP contribution < -0.4 is 0 Å². The van der Waals surface area contributed by atoms with Gasteiger partial charge < -0.3 is 9.79 Å². The van der Waals surface area contributed by atoms with E-state index in [1.165, 1.54) is 0 Å². The molecule has 3 nitrogen and oxygen atoms in total. The molecule has 0 radical (unpaired) electrons. The van der Waals surface area contributed by atoms with Crippen molar-refractivity contribution in [3.63, 3.8) is 0 Å². The van der Waals surface area contributed by atoms with Crippen LogP contribution in [0.5, 0.6) is 0 Å². The highest BCUT2D eigenvalue weighted by molar-refractivity contribution is 7.80. The summed E-state index contributed by atoms with van der Waals surface area (Å²) in [6, 6.07) is 30.5. The molecule has 3 aromatic carbocycles. The van der Waals surface area contributed by atoms with E-state index in [2.05, 4.69) is 49.0 Å². The largest absolute Gasteiger partial charge is 0.338 e. The van der Waals surface area contributed by atoms with Gasteiger partial charge in [-0.05, 0) is 35.3 Å². The topological polar surface area (TPSA) is 43.7 Å². The highest BCUT2D eigenvalue weighted by atomic mass is 32.1. The van der Waals surface area contributed by atoms with Crippen LogP contribution in [-0.2, 0) is 5.54 Å². The highest BCUT2D eigenvalue weighted by Crippen LogP contribution is 2.51. The third-order valence-corrected chi connectivity index (χ3v) is 6.70. The smallest absolute Gasteiger partial charge is 0.254 e. The molecule has 0 spiro atoms. The molecule has 0 atom stereocenters. The summed E-state index contributed by atoms with van der Waals surface area (Å²) in [4.78, 5) is 21.3. The monoisotopic (exact) mass is 439 g/mol. The minimum Gasteiger partial charge on any atom is -0.338 e. The summed E-state index contributed by atoms with van der Waals surface area (Å²) in [7, 11) is -2.33. The average molecular weight is 440 g/mol. The lowest BCUT2D eigenvalue weighted by Crippen LogP contribution is -2.45. The molecular weight excluding hydrogens is 409 g/mol. The van der Waals surface area contributed by atoms with Crippen molar-refractivity contribution in [3.8, 4) is 0 Å². The Hall–Kier alpha value is -1.68. The van der Waals surface area contributed by atoms with Crippen molar-refractivity contribution in [3.05, 3.63) is 108 Å². The van der Waals surface area contributed by atoms with Crippen LogP contribution in [0.4, 0.5) is 0 Å². The zero-order valence-electron chi connectivity index (χ0n) is 17.1. The lowest BCUT2D eigenvalue weighted by molar-refractivity contribution is 0.234. The zero-order chi connectivity index (χ0) is 21.2. The first-order valence-corrected chi connectivity index (χ1v) is 12.3. The van der Waals surface area contributed by atoms with Crippen LogP contribution in [0.2, 0.25) is 0 Å². The predicted molar refractivity (Wildman–Crippen MR) is 130 cm³/mol. The van der Waals surface area contributed by atoms with E-state index >= 15 is 0 Å². The normalized spacial score (nSPS) is 11.9. The van der Waals surface area contributed by atoms with Gasteiger partial charge in [0.05, 0.1) is 0 Å². The Bertz CT molecular complexity index is 765. The molecule has 5 heteroatoms. The Kier molecular flexibility index (Phi) is 8.92. The first-order chi connectivity index (χ1) is 14.7. The van der Waals surface area contributed by atoms with Crippen LogP contribution in [0.25, 0.3) is 0 Å². The van der Waals surface area contributed by atoms with Gasteiger partial charge in [0.25, 0.3) is 8.53 Å². The molecule has 3 rings (SSSR count). The van der Waals surface area contributed by atoms with Crippen molar-refractivity contribution in [1.29, 1.82) is 0 Å². The van der Waals surface area contributed by atoms with Crippen LogP contribution in [0.1, 0.15) is 42.4 Å². The number of unbranched alkanes of at least 4 members (excludes halogenated alkanes) is 3. The van der Waals surface area contributed by atoms with Crippen LogP contribution in [0.15, 0.2) is 91.0 Å². The number of hydrogen-bond donors (Lipinski definition) is 3. The molecule has 30 heavy (non-hydrogen) atoms. The first kappa shape index (κ1) is 23.0. The summed E-state index contributed by atoms with van der Waals surface area (Å²) in [5.41, 5.74) is 2.28. The van der Waals surface area contributed by atoms with Gasteiger partial charge in [-0.25, -0.2) is 4.67 Å². The summed E-state index contributed by atoms with van der Waals surface area (Å²) in [5.74, 6) is 0.887. The lowest BCUT2D eigenvalue weighted by Gasteiger charge is -2.45. The second-order valence-corrected chi connectivity index (χ2v) is 8.80. The van der Waals surface area contributed by atoms with Crippen molar-refractivity contribution in [2.24, 2.45) is 0 Å². The quantitative estimate of drug-likeness (QED) is 0.149. The number of hydrogen-bond acceptors (Lipinski definition) is 4. The molecule has 0 bridgehead atoms. The second kappa shape index (κ2) is 11.6.